The average Bonchev–Trinajstić information content (AvgIpc) is 2.80. The first-order valence-corrected chi connectivity index (χ1v) is 5.95. The predicted molar refractivity (Wildman–Crippen MR) is 69.5 cm³/mol. The molecule has 0 saturated heterocycles. The molecule has 1 aromatic heterocycles. The van der Waals surface area contributed by atoms with Crippen molar-refractivity contribution in [2.75, 3.05) is 5.73 Å². The van der Waals surface area contributed by atoms with Gasteiger partial charge in [0.15, 0.2) is 0 Å². The standard InChI is InChI=1S/C14H17FN2O/c1-10(7-13-3-2-6-18-13)17-9-11-4-5-12(16)8-14(11)15/h2-6,8,10,17H,7,9,16H2,1H3. The number of hydrogen-bond donors (Lipinski definition) is 2. The molecule has 1 heterocycles. The van der Waals surface area contributed by atoms with Crippen LogP contribution in [-0.2, 0) is 13.0 Å². The summed E-state index contributed by atoms with van der Waals surface area (Å²) >= 11 is 0. The van der Waals surface area contributed by atoms with E-state index in [9.17, 15) is 4.39 Å². The fourth-order valence-corrected chi connectivity index (χ4v) is 1.79. The quantitative estimate of drug-likeness (QED) is 0.800. The molecule has 2 aromatic rings. The number of anilines is 1. The summed E-state index contributed by atoms with van der Waals surface area (Å²) in [5.74, 6) is 0.653. The highest BCUT2D eigenvalue weighted by molar-refractivity contribution is 5.40. The Kier molecular flexibility index (Phi) is 3.99. The lowest BCUT2D eigenvalue weighted by Crippen LogP contribution is -2.27. The van der Waals surface area contributed by atoms with E-state index in [2.05, 4.69) is 5.32 Å². The number of halogens is 1. The number of hydrogen-bond acceptors (Lipinski definition) is 3. The second-order valence-corrected chi connectivity index (χ2v) is 4.42. The normalized spacial score (nSPS) is 12.6. The molecule has 96 valence electrons. The van der Waals surface area contributed by atoms with Gasteiger partial charge in [-0.2, -0.15) is 0 Å². The highest BCUT2D eigenvalue weighted by atomic mass is 19.1. The molecule has 0 radical (unpaired) electrons. The molecule has 0 bridgehead atoms. The molecule has 0 aliphatic carbocycles. The molecule has 1 aromatic carbocycles. The van der Waals surface area contributed by atoms with Crippen LogP contribution in [0, 0.1) is 5.82 Å². The van der Waals surface area contributed by atoms with Crippen LogP contribution in [-0.4, -0.2) is 6.04 Å². The Morgan fingerprint density at radius 2 is 2.22 bits per heavy atom. The molecular weight excluding hydrogens is 231 g/mol. The number of benzene rings is 1. The predicted octanol–water partition coefficient (Wildman–Crippen LogP) is 2.72. The van der Waals surface area contributed by atoms with E-state index in [1.54, 1.807) is 18.4 Å². The lowest BCUT2D eigenvalue weighted by molar-refractivity contribution is 0.453. The zero-order valence-electron chi connectivity index (χ0n) is 10.3. The van der Waals surface area contributed by atoms with Crippen LogP contribution in [0.5, 0.6) is 0 Å². The van der Waals surface area contributed by atoms with E-state index >= 15 is 0 Å². The van der Waals surface area contributed by atoms with E-state index in [1.807, 2.05) is 19.1 Å². The van der Waals surface area contributed by atoms with Gasteiger partial charge in [0.25, 0.3) is 0 Å². The van der Waals surface area contributed by atoms with Gasteiger partial charge in [-0.25, -0.2) is 4.39 Å². The first kappa shape index (κ1) is 12.6. The summed E-state index contributed by atoms with van der Waals surface area (Å²) in [7, 11) is 0. The number of nitrogens with one attached hydrogen (secondary N) is 1. The zero-order valence-corrected chi connectivity index (χ0v) is 10.3. The van der Waals surface area contributed by atoms with Gasteiger partial charge in [-0.3, -0.25) is 0 Å². The topological polar surface area (TPSA) is 51.2 Å². The number of nitrogens with two attached hydrogens (primary N) is 1. The van der Waals surface area contributed by atoms with Gasteiger partial charge in [0.05, 0.1) is 6.26 Å². The Balaban J connectivity index is 1.87. The van der Waals surface area contributed by atoms with E-state index in [0.717, 1.165) is 12.2 Å². The maximum atomic E-state index is 13.5. The van der Waals surface area contributed by atoms with Crippen LogP contribution in [0.1, 0.15) is 18.2 Å². The molecule has 0 aliphatic heterocycles. The van der Waals surface area contributed by atoms with Crippen LogP contribution in [0.15, 0.2) is 41.0 Å². The summed E-state index contributed by atoms with van der Waals surface area (Å²) in [6.07, 6.45) is 2.44. The first-order chi connectivity index (χ1) is 8.65. The molecule has 3 N–H and O–H groups in total. The molecule has 1 unspecified atom stereocenters. The minimum Gasteiger partial charge on any atom is -0.469 e. The van der Waals surface area contributed by atoms with Crippen LogP contribution in [0.25, 0.3) is 0 Å². The fraction of sp³-hybridized carbons (Fsp3) is 0.286. The molecule has 0 aliphatic rings. The largest absolute Gasteiger partial charge is 0.469 e. The summed E-state index contributed by atoms with van der Waals surface area (Å²) in [5, 5.41) is 3.26. The fourth-order valence-electron chi connectivity index (χ4n) is 1.79. The van der Waals surface area contributed by atoms with E-state index in [1.165, 1.54) is 6.07 Å². The monoisotopic (exact) mass is 248 g/mol. The van der Waals surface area contributed by atoms with Crippen molar-refractivity contribution in [3.8, 4) is 0 Å². The summed E-state index contributed by atoms with van der Waals surface area (Å²) in [5.41, 5.74) is 6.57. The Hall–Kier alpha value is -1.81. The van der Waals surface area contributed by atoms with Crippen molar-refractivity contribution >= 4 is 5.69 Å². The minimum absolute atomic E-state index is 0.216. The summed E-state index contributed by atoms with van der Waals surface area (Å²) in [6.45, 7) is 2.52. The van der Waals surface area contributed by atoms with Crippen molar-refractivity contribution in [3.63, 3.8) is 0 Å². The van der Waals surface area contributed by atoms with Gasteiger partial charge in [0, 0.05) is 30.3 Å². The molecule has 18 heavy (non-hydrogen) atoms. The molecule has 2 rings (SSSR count). The average molecular weight is 248 g/mol. The van der Waals surface area contributed by atoms with Gasteiger partial charge in [0.2, 0.25) is 0 Å². The lowest BCUT2D eigenvalue weighted by Gasteiger charge is -2.13. The number of rotatable bonds is 5. The maximum absolute atomic E-state index is 13.5. The van der Waals surface area contributed by atoms with Crippen molar-refractivity contribution in [3.05, 3.63) is 53.7 Å². The van der Waals surface area contributed by atoms with Crippen molar-refractivity contribution in [2.45, 2.75) is 25.9 Å². The van der Waals surface area contributed by atoms with Crippen molar-refractivity contribution in [1.82, 2.24) is 5.32 Å². The number of furan rings is 1. The minimum atomic E-state index is -0.271. The van der Waals surface area contributed by atoms with Gasteiger partial charge in [0.1, 0.15) is 11.6 Å². The summed E-state index contributed by atoms with van der Waals surface area (Å²) in [4.78, 5) is 0. The Labute approximate surface area is 106 Å². The lowest BCUT2D eigenvalue weighted by atomic mass is 10.1. The molecule has 1 atom stereocenters. The molecule has 4 heteroatoms. The highest BCUT2D eigenvalue weighted by Gasteiger charge is 2.07. The first-order valence-electron chi connectivity index (χ1n) is 5.95. The van der Waals surface area contributed by atoms with Gasteiger partial charge in [-0.1, -0.05) is 6.07 Å². The van der Waals surface area contributed by atoms with Crippen LogP contribution in [0.4, 0.5) is 10.1 Å². The second kappa shape index (κ2) is 5.69. The van der Waals surface area contributed by atoms with Gasteiger partial charge >= 0.3 is 0 Å². The van der Waals surface area contributed by atoms with Crippen LogP contribution in [0.2, 0.25) is 0 Å². The summed E-state index contributed by atoms with van der Waals surface area (Å²) < 4.78 is 18.8. The van der Waals surface area contributed by atoms with Crippen LogP contribution < -0.4 is 11.1 Å². The smallest absolute Gasteiger partial charge is 0.129 e. The third kappa shape index (κ3) is 3.34. The third-order valence-corrected chi connectivity index (χ3v) is 2.81. The SMILES string of the molecule is CC(Cc1ccco1)NCc1ccc(N)cc1F. The summed E-state index contributed by atoms with van der Waals surface area (Å²) in [6, 6.07) is 8.76. The van der Waals surface area contributed by atoms with E-state index < -0.39 is 0 Å². The Bertz CT molecular complexity index is 497. The molecule has 3 nitrogen and oxygen atoms in total. The third-order valence-electron chi connectivity index (χ3n) is 2.81. The molecule has 0 spiro atoms. The zero-order chi connectivity index (χ0) is 13.0. The molecule has 0 saturated carbocycles. The van der Waals surface area contributed by atoms with Crippen LogP contribution >= 0.6 is 0 Å². The van der Waals surface area contributed by atoms with Crippen molar-refractivity contribution < 1.29 is 8.81 Å². The van der Waals surface area contributed by atoms with Crippen LogP contribution in [0.3, 0.4) is 0 Å². The molecule has 0 fully saturated rings. The van der Waals surface area contributed by atoms with E-state index in [0.29, 0.717) is 17.8 Å². The van der Waals surface area contributed by atoms with Gasteiger partial charge in [-0.05, 0) is 31.2 Å². The maximum Gasteiger partial charge on any atom is 0.129 e. The molecular formula is C14H17FN2O. The number of nitrogen functional groups attached to an aromatic ring is 1. The highest BCUT2D eigenvalue weighted by Crippen LogP contribution is 2.12. The van der Waals surface area contributed by atoms with E-state index in [4.69, 9.17) is 10.2 Å². The second-order valence-electron chi connectivity index (χ2n) is 4.42. The van der Waals surface area contributed by atoms with Gasteiger partial charge < -0.3 is 15.5 Å². The molecule has 0 amide bonds. The van der Waals surface area contributed by atoms with Gasteiger partial charge in [-0.15, -0.1) is 0 Å². The Morgan fingerprint density at radius 1 is 1.39 bits per heavy atom. The van der Waals surface area contributed by atoms with Crippen molar-refractivity contribution in [2.24, 2.45) is 0 Å². The van der Waals surface area contributed by atoms with E-state index in [-0.39, 0.29) is 11.9 Å². The van der Waals surface area contributed by atoms with Crippen molar-refractivity contribution in [1.29, 1.82) is 0 Å². The Morgan fingerprint density at radius 3 is 2.89 bits per heavy atom.